The van der Waals surface area contributed by atoms with Crippen molar-refractivity contribution >= 4 is 29.4 Å². The monoisotopic (exact) mass is 405 g/mol. The van der Waals surface area contributed by atoms with Crippen LogP contribution in [0.3, 0.4) is 0 Å². The summed E-state index contributed by atoms with van der Waals surface area (Å²) >= 11 is 5.72. The minimum Gasteiger partial charge on any atom is -0.507 e. The average molecular weight is 406 g/mol. The molecule has 2 aromatic carbocycles. The van der Waals surface area contributed by atoms with Gasteiger partial charge in [0.05, 0.1) is 11.1 Å². The van der Waals surface area contributed by atoms with Crippen LogP contribution >= 0.6 is 11.6 Å². The van der Waals surface area contributed by atoms with E-state index in [1.54, 1.807) is 12.1 Å². The van der Waals surface area contributed by atoms with Crippen molar-refractivity contribution < 1.29 is 19.6 Å². The SMILES string of the molecule is CC(C)(C)c1ccc(O)c(C=NNC(=O)COc2ccc(Cl)cc2[N+](=O)[O-])c1. The quantitative estimate of drug-likeness (QED) is 0.431. The molecule has 0 aliphatic heterocycles. The summed E-state index contributed by atoms with van der Waals surface area (Å²) in [5.74, 6) is -0.671. The van der Waals surface area contributed by atoms with Gasteiger partial charge in [-0.05, 0) is 35.2 Å². The zero-order valence-electron chi connectivity index (χ0n) is 15.6. The number of carbonyl (C=O) groups excluding carboxylic acids is 1. The van der Waals surface area contributed by atoms with E-state index in [4.69, 9.17) is 16.3 Å². The first kappa shape index (κ1) is 21.2. The number of aromatic hydroxyl groups is 1. The van der Waals surface area contributed by atoms with Crippen LogP contribution in [0, 0.1) is 10.1 Å². The van der Waals surface area contributed by atoms with E-state index >= 15 is 0 Å². The highest BCUT2D eigenvalue weighted by Crippen LogP contribution is 2.30. The Hall–Kier alpha value is -3.13. The summed E-state index contributed by atoms with van der Waals surface area (Å²) in [4.78, 5) is 22.2. The van der Waals surface area contributed by atoms with Crippen LogP contribution in [0.5, 0.6) is 11.5 Å². The van der Waals surface area contributed by atoms with Crippen molar-refractivity contribution in [1.29, 1.82) is 0 Å². The second kappa shape index (κ2) is 8.71. The highest BCUT2D eigenvalue weighted by Gasteiger charge is 2.17. The van der Waals surface area contributed by atoms with Crippen molar-refractivity contribution in [1.82, 2.24) is 5.43 Å². The molecule has 2 N–H and O–H groups in total. The predicted molar refractivity (Wildman–Crippen MR) is 106 cm³/mol. The molecule has 0 saturated carbocycles. The molecule has 0 unspecified atom stereocenters. The first-order valence-electron chi connectivity index (χ1n) is 8.30. The van der Waals surface area contributed by atoms with Crippen LogP contribution in [0.4, 0.5) is 5.69 Å². The van der Waals surface area contributed by atoms with Crippen LogP contribution in [-0.2, 0) is 10.2 Å². The number of amides is 1. The Labute approximate surface area is 166 Å². The van der Waals surface area contributed by atoms with E-state index in [0.29, 0.717) is 5.56 Å². The average Bonchev–Trinajstić information content (AvgIpc) is 2.61. The molecule has 0 fully saturated rings. The zero-order valence-corrected chi connectivity index (χ0v) is 16.4. The van der Waals surface area contributed by atoms with E-state index in [9.17, 15) is 20.0 Å². The first-order valence-corrected chi connectivity index (χ1v) is 8.68. The van der Waals surface area contributed by atoms with Crippen LogP contribution in [0.2, 0.25) is 5.02 Å². The van der Waals surface area contributed by atoms with Crippen molar-refractivity contribution in [3.8, 4) is 11.5 Å². The van der Waals surface area contributed by atoms with Crippen molar-refractivity contribution in [2.24, 2.45) is 5.10 Å². The van der Waals surface area contributed by atoms with Gasteiger partial charge in [0.2, 0.25) is 0 Å². The Balaban J connectivity index is 1.99. The Kier molecular flexibility index (Phi) is 6.58. The van der Waals surface area contributed by atoms with Crippen molar-refractivity contribution in [3.63, 3.8) is 0 Å². The smallest absolute Gasteiger partial charge is 0.312 e. The minimum absolute atomic E-state index is 0.0269. The van der Waals surface area contributed by atoms with Crippen LogP contribution in [0.1, 0.15) is 31.9 Å². The maximum Gasteiger partial charge on any atom is 0.312 e. The Morgan fingerprint density at radius 3 is 2.68 bits per heavy atom. The molecular formula is C19H20ClN3O5. The minimum atomic E-state index is -0.651. The Morgan fingerprint density at radius 2 is 2.04 bits per heavy atom. The highest BCUT2D eigenvalue weighted by atomic mass is 35.5. The van der Waals surface area contributed by atoms with Gasteiger partial charge in [-0.25, -0.2) is 5.43 Å². The number of benzene rings is 2. The second-order valence-corrected chi connectivity index (χ2v) is 7.41. The zero-order chi connectivity index (χ0) is 20.9. The molecule has 0 heterocycles. The molecule has 0 radical (unpaired) electrons. The maximum atomic E-state index is 11.9. The van der Waals surface area contributed by atoms with Gasteiger partial charge in [-0.2, -0.15) is 5.10 Å². The number of hydrazone groups is 1. The number of halogens is 1. The van der Waals surface area contributed by atoms with Gasteiger partial charge in [-0.15, -0.1) is 0 Å². The Bertz CT molecular complexity index is 922. The maximum absolute atomic E-state index is 11.9. The van der Waals surface area contributed by atoms with Crippen molar-refractivity contribution in [2.75, 3.05) is 6.61 Å². The molecule has 148 valence electrons. The number of hydrogen-bond donors (Lipinski definition) is 2. The fourth-order valence-corrected chi connectivity index (χ4v) is 2.40. The molecule has 9 heteroatoms. The summed E-state index contributed by atoms with van der Waals surface area (Å²) in [5, 5.41) is 24.9. The highest BCUT2D eigenvalue weighted by molar-refractivity contribution is 6.30. The van der Waals surface area contributed by atoms with E-state index in [-0.39, 0.29) is 27.6 Å². The molecule has 0 aliphatic carbocycles. The van der Waals surface area contributed by atoms with E-state index in [1.165, 1.54) is 18.3 Å². The number of nitro groups is 1. The largest absolute Gasteiger partial charge is 0.507 e. The molecule has 2 aromatic rings. The van der Waals surface area contributed by atoms with Gasteiger partial charge in [0, 0.05) is 16.7 Å². The number of hydrogen-bond acceptors (Lipinski definition) is 6. The summed E-state index contributed by atoms with van der Waals surface area (Å²) in [6.45, 7) is 5.63. The summed E-state index contributed by atoms with van der Waals surface area (Å²) < 4.78 is 5.17. The van der Waals surface area contributed by atoms with E-state index in [1.807, 2.05) is 26.8 Å². The molecule has 0 bridgehead atoms. The van der Waals surface area contributed by atoms with Crippen LogP contribution < -0.4 is 10.2 Å². The molecule has 0 atom stereocenters. The van der Waals surface area contributed by atoms with Gasteiger partial charge in [0.1, 0.15) is 5.75 Å². The lowest BCUT2D eigenvalue weighted by molar-refractivity contribution is -0.385. The van der Waals surface area contributed by atoms with Crippen molar-refractivity contribution in [3.05, 3.63) is 62.7 Å². The molecule has 2 rings (SSSR count). The third-order valence-corrected chi connectivity index (χ3v) is 4.00. The standard InChI is InChI=1S/C19H20ClN3O5/c1-19(2,3)13-4-6-16(24)12(8-13)10-21-22-18(25)11-28-17-7-5-14(20)9-15(17)23(26)27/h4-10,24H,11H2,1-3H3,(H,22,25). The first-order chi connectivity index (χ1) is 13.1. The fraction of sp³-hybridized carbons (Fsp3) is 0.263. The molecule has 1 amide bonds. The van der Waals surface area contributed by atoms with Gasteiger partial charge in [0.15, 0.2) is 12.4 Å². The van der Waals surface area contributed by atoms with Crippen molar-refractivity contribution in [2.45, 2.75) is 26.2 Å². The molecule has 28 heavy (non-hydrogen) atoms. The number of nitrogens with one attached hydrogen (secondary N) is 1. The van der Waals surface area contributed by atoms with Gasteiger partial charge in [-0.3, -0.25) is 14.9 Å². The topological polar surface area (TPSA) is 114 Å². The summed E-state index contributed by atoms with van der Waals surface area (Å²) in [5.41, 5.74) is 3.24. The number of rotatable bonds is 6. The molecule has 0 saturated heterocycles. The second-order valence-electron chi connectivity index (χ2n) is 6.97. The van der Waals surface area contributed by atoms with E-state index < -0.39 is 17.4 Å². The van der Waals surface area contributed by atoms with Crippen LogP contribution in [-0.4, -0.2) is 28.8 Å². The summed E-state index contributed by atoms with van der Waals surface area (Å²) in [7, 11) is 0. The van der Waals surface area contributed by atoms with Crippen LogP contribution in [0.15, 0.2) is 41.5 Å². The van der Waals surface area contributed by atoms with E-state index in [2.05, 4.69) is 10.5 Å². The molecule has 0 aliphatic rings. The fourth-order valence-electron chi connectivity index (χ4n) is 2.23. The number of nitro benzene ring substituents is 1. The summed E-state index contributed by atoms with van der Waals surface area (Å²) in [6.07, 6.45) is 1.31. The van der Waals surface area contributed by atoms with Gasteiger partial charge in [0.25, 0.3) is 5.91 Å². The number of ether oxygens (including phenoxy) is 1. The van der Waals surface area contributed by atoms with Gasteiger partial charge >= 0.3 is 5.69 Å². The molecule has 8 nitrogen and oxygen atoms in total. The third kappa shape index (κ3) is 5.68. The molecular weight excluding hydrogens is 386 g/mol. The lowest BCUT2D eigenvalue weighted by atomic mass is 9.86. The van der Waals surface area contributed by atoms with Crippen LogP contribution in [0.25, 0.3) is 0 Å². The predicted octanol–water partition coefficient (Wildman–Crippen LogP) is 3.78. The summed E-state index contributed by atoms with van der Waals surface area (Å²) in [6, 6.07) is 9.03. The number of phenolic OH excluding ortho intramolecular Hbond substituents is 1. The molecule has 0 spiro atoms. The number of phenols is 1. The van der Waals surface area contributed by atoms with Gasteiger partial charge in [-0.1, -0.05) is 38.4 Å². The Morgan fingerprint density at radius 1 is 1.32 bits per heavy atom. The van der Waals surface area contributed by atoms with E-state index in [0.717, 1.165) is 11.6 Å². The lowest BCUT2D eigenvalue weighted by Crippen LogP contribution is -2.24. The lowest BCUT2D eigenvalue weighted by Gasteiger charge is -2.19. The third-order valence-electron chi connectivity index (χ3n) is 3.76. The van der Waals surface area contributed by atoms with Gasteiger partial charge < -0.3 is 9.84 Å². The molecule has 0 aromatic heterocycles. The number of nitrogens with zero attached hydrogens (tertiary/aromatic N) is 2. The number of carbonyl (C=O) groups is 1. The normalized spacial score (nSPS) is 11.4.